The summed E-state index contributed by atoms with van der Waals surface area (Å²) < 4.78 is 48.8. The van der Waals surface area contributed by atoms with Gasteiger partial charge in [-0.3, -0.25) is 4.57 Å². The highest BCUT2D eigenvalue weighted by Crippen LogP contribution is 2.25. The molecule has 1 atom stereocenters. The highest BCUT2D eigenvalue weighted by molar-refractivity contribution is 5.88. The van der Waals surface area contributed by atoms with E-state index in [0.717, 1.165) is 5.39 Å². The second-order valence-corrected chi connectivity index (χ2v) is 8.01. The van der Waals surface area contributed by atoms with E-state index >= 15 is 0 Å². The predicted molar refractivity (Wildman–Crippen MR) is 132 cm³/mol. The SMILES string of the molecule is Cl.[2H]C([2H])(NC(C)(C)CCn1c(=O)[nH]c2ccccc21)C([2H])(O)C([2H])([2H])Oc1cccc2ccccc12. The van der Waals surface area contributed by atoms with Gasteiger partial charge in [-0.1, -0.05) is 48.5 Å². The third-order valence-corrected chi connectivity index (χ3v) is 5.17. The van der Waals surface area contributed by atoms with Gasteiger partial charge < -0.3 is 20.1 Å². The first-order valence-electron chi connectivity index (χ1n) is 12.6. The number of hydrogen-bond donors (Lipinski definition) is 3. The van der Waals surface area contributed by atoms with Crippen molar-refractivity contribution in [3.05, 3.63) is 77.2 Å². The van der Waals surface area contributed by atoms with E-state index in [1.54, 1.807) is 44.2 Å². The number of hydrogen-bond acceptors (Lipinski definition) is 4. The van der Waals surface area contributed by atoms with Crippen LogP contribution < -0.4 is 15.7 Å². The molecule has 32 heavy (non-hydrogen) atoms. The monoisotopic (exact) mass is 460 g/mol. The Morgan fingerprint density at radius 2 is 1.88 bits per heavy atom. The molecule has 6 nitrogen and oxygen atoms in total. The third-order valence-electron chi connectivity index (χ3n) is 5.17. The molecule has 1 heterocycles. The predicted octanol–water partition coefficient (Wildman–Crippen LogP) is 4.10. The van der Waals surface area contributed by atoms with E-state index in [2.05, 4.69) is 10.3 Å². The smallest absolute Gasteiger partial charge is 0.326 e. The van der Waals surface area contributed by atoms with Gasteiger partial charge in [0.1, 0.15) is 18.4 Å². The van der Waals surface area contributed by atoms with E-state index in [1.807, 2.05) is 30.3 Å². The number of β-amino-alcohol motifs (C(OH)–C–C–N with tert-alkyl or cyclic N) is 1. The summed E-state index contributed by atoms with van der Waals surface area (Å²) in [5.74, 6) is 0.0811. The van der Waals surface area contributed by atoms with Crippen LogP contribution in [0.25, 0.3) is 21.8 Å². The van der Waals surface area contributed by atoms with Gasteiger partial charge in [-0.25, -0.2) is 4.79 Å². The van der Waals surface area contributed by atoms with E-state index in [4.69, 9.17) is 11.6 Å². The van der Waals surface area contributed by atoms with Crippen LogP contribution in [0.4, 0.5) is 0 Å². The van der Waals surface area contributed by atoms with Crippen molar-refractivity contribution in [1.29, 1.82) is 0 Å². The van der Waals surface area contributed by atoms with Crippen molar-refractivity contribution in [1.82, 2.24) is 14.9 Å². The highest BCUT2D eigenvalue weighted by atomic mass is 35.5. The lowest BCUT2D eigenvalue weighted by atomic mass is 10.0. The van der Waals surface area contributed by atoms with Crippen LogP contribution in [-0.2, 0) is 6.54 Å². The lowest BCUT2D eigenvalue weighted by Crippen LogP contribution is -2.45. The van der Waals surface area contributed by atoms with E-state index in [1.165, 1.54) is 10.6 Å². The number of nitrogens with one attached hydrogen (secondary N) is 2. The minimum Gasteiger partial charge on any atom is -0.490 e. The summed E-state index contributed by atoms with van der Waals surface area (Å²) >= 11 is 0. The first kappa shape index (κ1) is 17.7. The molecule has 3 N–H and O–H groups in total. The third kappa shape index (κ3) is 5.51. The van der Waals surface area contributed by atoms with E-state index < -0.39 is 24.7 Å². The van der Waals surface area contributed by atoms with Crippen molar-refractivity contribution in [2.75, 3.05) is 13.1 Å². The molecule has 0 radical (unpaired) electrons. The Bertz CT molecular complexity index is 1450. The summed E-state index contributed by atoms with van der Waals surface area (Å²) in [5.41, 5.74) is 0.0548. The van der Waals surface area contributed by atoms with Gasteiger partial charge in [0.05, 0.1) is 15.1 Å². The molecular weight excluding hydrogens is 426 g/mol. The fraction of sp³-hybridized carbons (Fsp3) is 0.320. The van der Waals surface area contributed by atoms with Crippen LogP contribution in [-0.4, -0.2) is 39.3 Å². The number of aryl methyl sites for hydroxylation is 1. The number of halogens is 1. The minimum atomic E-state index is -3.34. The topological polar surface area (TPSA) is 79.3 Å². The zero-order valence-corrected chi connectivity index (χ0v) is 18.7. The Labute approximate surface area is 200 Å². The number of imidazole rings is 1. The summed E-state index contributed by atoms with van der Waals surface area (Å²) in [6, 6.07) is 19.3. The van der Waals surface area contributed by atoms with Gasteiger partial charge in [0.2, 0.25) is 0 Å². The maximum Gasteiger partial charge on any atom is 0.326 e. The molecule has 170 valence electrons. The number of aliphatic hydroxyl groups is 1. The molecule has 0 spiro atoms. The van der Waals surface area contributed by atoms with Crippen LogP contribution in [0.1, 0.15) is 27.1 Å². The van der Waals surface area contributed by atoms with E-state index in [-0.39, 0.29) is 36.8 Å². The second-order valence-electron chi connectivity index (χ2n) is 8.01. The Morgan fingerprint density at radius 3 is 2.72 bits per heavy atom. The zero-order valence-electron chi connectivity index (χ0n) is 22.9. The second kappa shape index (κ2) is 10.2. The first-order valence-corrected chi connectivity index (χ1v) is 10.1. The van der Waals surface area contributed by atoms with Gasteiger partial charge in [0.15, 0.2) is 0 Å². The summed E-state index contributed by atoms with van der Waals surface area (Å²) in [7, 11) is 0. The lowest BCUT2D eigenvalue weighted by Gasteiger charge is -2.28. The number of fused-ring (bicyclic) bond motifs is 2. The van der Waals surface area contributed by atoms with Gasteiger partial charge >= 0.3 is 5.69 Å². The van der Waals surface area contributed by atoms with Crippen molar-refractivity contribution < 1.29 is 16.7 Å². The molecule has 0 amide bonds. The molecule has 4 rings (SSSR count). The average Bonchev–Trinajstić information content (AvgIpc) is 3.12. The summed E-state index contributed by atoms with van der Waals surface area (Å²) in [6.07, 6.45) is -3.09. The lowest BCUT2D eigenvalue weighted by molar-refractivity contribution is 0.0985. The maximum absolute atomic E-state index is 12.4. The number of rotatable bonds is 9. The first-order chi connectivity index (χ1) is 16.7. The number of H-pyrrole nitrogens is 1. The van der Waals surface area contributed by atoms with Crippen molar-refractivity contribution in [2.24, 2.45) is 0 Å². The average molecular weight is 461 g/mol. The van der Waals surface area contributed by atoms with Crippen LogP contribution in [0.15, 0.2) is 71.5 Å². The normalized spacial score (nSPS) is 16.8. The molecule has 3 aromatic carbocycles. The van der Waals surface area contributed by atoms with Gasteiger partial charge in [0, 0.05) is 26.7 Å². The van der Waals surface area contributed by atoms with Gasteiger partial charge in [0.25, 0.3) is 0 Å². The Hall–Kier alpha value is -2.80. The Kier molecular flexibility index (Phi) is 5.65. The molecule has 7 heteroatoms. The summed E-state index contributed by atoms with van der Waals surface area (Å²) in [5, 5.41) is 14.8. The number of benzene rings is 3. The van der Waals surface area contributed by atoms with Crippen molar-refractivity contribution in [3.8, 4) is 5.75 Å². The van der Waals surface area contributed by atoms with E-state index in [9.17, 15) is 9.90 Å². The standard InChI is InChI=1S/C25H29N3O3.ClH/c1-25(2,14-15-28-22-12-6-5-11-21(22)27-24(28)30)26-16-19(29)17-31-23-13-7-9-18-8-3-4-10-20(18)23;/h3-13,19,26,29H,14-17H2,1-2H3,(H,27,30);1H/i16D2,17D2,19D;. The molecule has 0 saturated carbocycles. The van der Waals surface area contributed by atoms with Crippen molar-refractivity contribution in [2.45, 2.75) is 38.4 Å². The summed E-state index contributed by atoms with van der Waals surface area (Å²) in [6.45, 7) is -2.52. The molecule has 0 aliphatic heterocycles. The Morgan fingerprint density at radius 1 is 1.16 bits per heavy atom. The molecule has 4 aromatic rings. The van der Waals surface area contributed by atoms with Crippen molar-refractivity contribution >= 4 is 34.2 Å². The largest absolute Gasteiger partial charge is 0.490 e. The fourth-order valence-electron chi connectivity index (χ4n) is 3.42. The molecule has 0 aliphatic carbocycles. The number of ether oxygens (including phenoxy) is 1. The van der Waals surface area contributed by atoms with Crippen LogP contribution >= 0.6 is 12.4 Å². The number of aromatic amines is 1. The van der Waals surface area contributed by atoms with Crippen LogP contribution in [0, 0.1) is 0 Å². The fourth-order valence-corrected chi connectivity index (χ4v) is 3.42. The van der Waals surface area contributed by atoms with Gasteiger partial charge in [-0.2, -0.15) is 0 Å². The van der Waals surface area contributed by atoms with Crippen LogP contribution in [0.2, 0.25) is 0 Å². The molecule has 0 fully saturated rings. The minimum absolute atomic E-state index is 0. The zero-order chi connectivity index (χ0) is 26.4. The summed E-state index contributed by atoms with van der Waals surface area (Å²) in [4.78, 5) is 15.1. The Balaban J connectivity index is 0.00000380. The molecule has 0 saturated heterocycles. The molecule has 1 unspecified atom stereocenters. The van der Waals surface area contributed by atoms with E-state index in [0.29, 0.717) is 16.4 Å². The van der Waals surface area contributed by atoms with Crippen LogP contribution in [0.5, 0.6) is 5.75 Å². The van der Waals surface area contributed by atoms with Gasteiger partial charge in [-0.15, -0.1) is 12.4 Å². The quantitative estimate of drug-likeness (QED) is 0.351. The maximum atomic E-state index is 12.4. The number of aromatic nitrogens is 2. The molecule has 0 aliphatic rings. The number of nitrogens with zero attached hydrogens (tertiary/aromatic N) is 1. The van der Waals surface area contributed by atoms with Crippen molar-refractivity contribution in [3.63, 3.8) is 0 Å². The van der Waals surface area contributed by atoms with Crippen LogP contribution in [0.3, 0.4) is 0 Å². The molecule has 0 bridgehead atoms. The molecular formula is C25H30ClN3O3. The van der Waals surface area contributed by atoms with Gasteiger partial charge in [-0.05, 0) is 43.9 Å². The molecule has 1 aromatic heterocycles. The number of para-hydroxylation sites is 2. The highest BCUT2D eigenvalue weighted by Gasteiger charge is 2.20.